The Hall–Kier alpha value is -3.48. The third kappa shape index (κ3) is 4.99. The number of carbonyl (C=O) groups excluding carboxylic acids is 1. The van der Waals surface area contributed by atoms with E-state index in [1.54, 1.807) is 28.8 Å². The lowest BCUT2D eigenvalue weighted by atomic mass is 9.99. The van der Waals surface area contributed by atoms with Gasteiger partial charge in [-0.15, -0.1) is 9.78 Å². The van der Waals surface area contributed by atoms with Gasteiger partial charge in [-0.2, -0.15) is 0 Å². The van der Waals surface area contributed by atoms with E-state index in [2.05, 4.69) is 5.10 Å². The number of aromatic nitrogens is 3. The predicted molar refractivity (Wildman–Crippen MR) is 119 cm³/mol. The lowest BCUT2D eigenvalue weighted by Gasteiger charge is -2.10. The fourth-order valence-corrected chi connectivity index (χ4v) is 3.49. The normalized spacial score (nSPS) is 11.1. The van der Waals surface area contributed by atoms with Crippen molar-refractivity contribution in [2.24, 2.45) is 5.92 Å². The number of carboxylic acid groups (broad SMARTS) is 1. The summed E-state index contributed by atoms with van der Waals surface area (Å²) in [5.41, 5.74) is 2.10. The lowest BCUT2D eigenvalue weighted by molar-refractivity contribution is 0.0697. The van der Waals surface area contributed by atoms with Gasteiger partial charge in [-0.05, 0) is 35.1 Å². The molecule has 3 aromatic rings. The first kappa shape index (κ1) is 22.2. The van der Waals surface area contributed by atoms with Gasteiger partial charge in [0.1, 0.15) is 5.82 Å². The van der Waals surface area contributed by atoms with Crippen LogP contribution in [0.4, 0.5) is 0 Å². The number of carboxylic acids is 1. The predicted octanol–water partition coefficient (Wildman–Crippen LogP) is 4.10. The SMILES string of the molecule is CCCC(=O)n1nc(CC(C)C)n(Cc2ccc(-c3ccccc3C(=O)O)cc2)c1=O. The number of hydrogen-bond donors (Lipinski definition) is 1. The lowest BCUT2D eigenvalue weighted by Crippen LogP contribution is -2.30. The third-order valence-corrected chi connectivity index (χ3v) is 4.99. The molecule has 3 rings (SSSR count). The second kappa shape index (κ2) is 9.55. The van der Waals surface area contributed by atoms with Crippen LogP contribution in [0.5, 0.6) is 0 Å². The van der Waals surface area contributed by atoms with Crippen LogP contribution in [0.2, 0.25) is 0 Å². The number of rotatable bonds is 8. The van der Waals surface area contributed by atoms with Crippen LogP contribution in [-0.2, 0) is 13.0 Å². The Morgan fingerprint density at radius 2 is 1.74 bits per heavy atom. The van der Waals surface area contributed by atoms with Gasteiger partial charge in [-0.25, -0.2) is 9.59 Å². The number of aromatic carboxylic acids is 1. The summed E-state index contributed by atoms with van der Waals surface area (Å²) < 4.78 is 2.53. The molecular weight excluding hydrogens is 394 g/mol. The zero-order valence-corrected chi connectivity index (χ0v) is 18.0. The molecule has 0 fully saturated rings. The molecule has 1 N–H and O–H groups in total. The molecule has 2 aromatic carbocycles. The number of carbonyl (C=O) groups is 2. The van der Waals surface area contributed by atoms with Crippen molar-refractivity contribution in [3.05, 3.63) is 76.0 Å². The Kier molecular flexibility index (Phi) is 6.84. The van der Waals surface area contributed by atoms with Gasteiger partial charge in [-0.1, -0.05) is 63.2 Å². The van der Waals surface area contributed by atoms with Crippen molar-refractivity contribution in [2.45, 2.75) is 46.6 Å². The first-order chi connectivity index (χ1) is 14.8. The van der Waals surface area contributed by atoms with E-state index in [9.17, 15) is 19.5 Å². The summed E-state index contributed by atoms with van der Waals surface area (Å²) in [6.07, 6.45) is 1.51. The Morgan fingerprint density at radius 1 is 1.06 bits per heavy atom. The maximum atomic E-state index is 12.9. The summed E-state index contributed by atoms with van der Waals surface area (Å²) in [7, 11) is 0. The summed E-state index contributed by atoms with van der Waals surface area (Å²) in [6, 6.07) is 14.3. The molecule has 0 amide bonds. The van der Waals surface area contributed by atoms with Crippen molar-refractivity contribution in [2.75, 3.05) is 0 Å². The van der Waals surface area contributed by atoms with Gasteiger partial charge < -0.3 is 5.11 Å². The number of nitrogens with zero attached hydrogens (tertiary/aromatic N) is 3. The van der Waals surface area contributed by atoms with E-state index in [0.717, 1.165) is 15.8 Å². The van der Waals surface area contributed by atoms with Crippen molar-refractivity contribution in [3.8, 4) is 11.1 Å². The van der Waals surface area contributed by atoms with Gasteiger partial charge in [0.05, 0.1) is 12.1 Å². The quantitative estimate of drug-likeness (QED) is 0.591. The van der Waals surface area contributed by atoms with Crippen LogP contribution in [0.15, 0.2) is 53.3 Å². The summed E-state index contributed by atoms with van der Waals surface area (Å²) >= 11 is 0. The first-order valence-electron chi connectivity index (χ1n) is 10.4. The van der Waals surface area contributed by atoms with Crippen molar-refractivity contribution < 1.29 is 14.7 Å². The molecule has 1 aromatic heterocycles. The average molecular weight is 421 g/mol. The zero-order chi connectivity index (χ0) is 22.5. The van der Waals surface area contributed by atoms with Gasteiger partial charge >= 0.3 is 11.7 Å². The minimum atomic E-state index is -0.978. The van der Waals surface area contributed by atoms with Crippen LogP contribution < -0.4 is 5.69 Å². The van der Waals surface area contributed by atoms with Crippen LogP contribution in [-0.4, -0.2) is 31.3 Å². The molecule has 31 heavy (non-hydrogen) atoms. The first-order valence-corrected chi connectivity index (χ1v) is 10.4. The van der Waals surface area contributed by atoms with Crippen molar-refractivity contribution in [1.29, 1.82) is 0 Å². The Morgan fingerprint density at radius 3 is 2.35 bits per heavy atom. The average Bonchev–Trinajstić information content (AvgIpc) is 3.03. The molecule has 1 heterocycles. The Bertz CT molecular complexity index is 1140. The third-order valence-electron chi connectivity index (χ3n) is 4.99. The van der Waals surface area contributed by atoms with Crippen LogP contribution in [0.25, 0.3) is 11.1 Å². The van der Waals surface area contributed by atoms with Crippen LogP contribution in [0.3, 0.4) is 0 Å². The highest BCUT2D eigenvalue weighted by Gasteiger charge is 2.19. The van der Waals surface area contributed by atoms with Gasteiger partial charge in [-0.3, -0.25) is 9.36 Å². The largest absolute Gasteiger partial charge is 0.478 e. The molecule has 0 aliphatic rings. The van der Waals surface area contributed by atoms with Crippen LogP contribution >= 0.6 is 0 Å². The molecular formula is C24H27N3O4. The smallest absolute Gasteiger partial charge is 0.353 e. The molecule has 0 unspecified atom stereocenters. The number of benzene rings is 2. The van der Waals surface area contributed by atoms with Crippen LogP contribution in [0.1, 0.15) is 60.2 Å². The molecule has 0 saturated heterocycles. The van der Waals surface area contributed by atoms with E-state index in [1.165, 1.54) is 0 Å². The maximum absolute atomic E-state index is 12.9. The summed E-state index contributed by atoms with van der Waals surface area (Å²) in [4.78, 5) is 36.7. The molecule has 0 radical (unpaired) electrons. The van der Waals surface area contributed by atoms with E-state index in [-0.39, 0.29) is 23.8 Å². The minimum absolute atomic E-state index is 0.237. The van der Waals surface area contributed by atoms with Crippen molar-refractivity contribution in [3.63, 3.8) is 0 Å². The highest BCUT2D eigenvalue weighted by Crippen LogP contribution is 2.24. The zero-order valence-electron chi connectivity index (χ0n) is 18.0. The Labute approximate surface area is 181 Å². The van der Waals surface area contributed by atoms with Crippen molar-refractivity contribution in [1.82, 2.24) is 14.3 Å². The molecule has 0 saturated carbocycles. The molecule has 162 valence electrons. The van der Waals surface area contributed by atoms with Gasteiger partial charge in [0, 0.05) is 12.8 Å². The van der Waals surface area contributed by atoms with E-state index >= 15 is 0 Å². The van der Waals surface area contributed by atoms with Gasteiger partial charge in [0.25, 0.3) is 5.91 Å². The molecule has 0 bridgehead atoms. The molecule has 0 aliphatic carbocycles. The highest BCUT2D eigenvalue weighted by molar-refractivity contribution is 5.96. The van der Waals surface area contributed by atoms with E-state index in [4.69, 9.17) is 0 Å². The molecule has 0 spiro atoms. The van der Waals surface area contributed by atoms with E-state index < -0.39 is 11.7 Å². The summed E-state index contributed by atoms with van der Waals surface area (Å²) in [6.45, 7) is 6.26. The monoisotopic (exact) mass is 421 g/mol. The maximum Gasteiger partial charge on any atom is 0.353 e. The highest BCUT2D eigenvalue weighted by atomic mass is 16.4. The van der Waals surface area contributed by atoms with E-state index in [1.807, 2.05) is 45.0 Å². The number of hydrogen-bond acceptors (Lipinski definition) is 4. The fraction of sp³-hybridized carbons (Fsp3) is 0.333. The summed E-state index contributed by atoms with van der Waals surface area (Å²) in [5.74, 6) is -0.402. The summed E-state index contributed by atoms with van der Waals surface area (Å²) in [5, 5.41) is 13.7. The standard InChI is InChI=1S/C24H27N3O4/c1-4-7-22(28)27-24(31)26(21(25-27)14-16(2)3)15-17-10-12-18(13-11-17)19-8-5-6-9-20(19)23(29)30/h5-6,8-13,16H,4,7,14-15H2,1-3H3,(H,29,30). The Balaban J connectivity index is 1.93. The van der Waals surface area contributed by atoms with E-state index in [0.29, 0.717) is 30.8 Å². The second-order valence-electron chi connectivity index (χ2n) is 7.99. The molecule has 7 heteroatoms. The molecule has 0 atom stereocenters. The molecule has 0 aliphatic heterocycles. The van der Waals surface area contributed by atoms with Crippen molar-refractivity contribution >= 4 is 11.9 Å². The minimum Gasteiger partial charge on any atom is -0.478 e. The van der Waals surface area contributed by atoms with Gasteiger partial charge in [0.15, 0.2) is 0 Å². The topological polar surface area (TPSA) is 94.2 Å². The molecule has 7 nitrogen and oxygen atoms in total. The fourth-order valence-electron chi connectivity index (χ4n) is 3.49. The second-order valence-corrected chi connectivity index (χ2v) is 7.99. The van der Waals surface area contributed by atoms with Gasteiger partial charge in [0.2, 0.25) is 0 Å². The van der Waals surface area contributed by atoms with Crippen LogP contribution in [0, 0.1) is 5.92 Å².